The number of para-hydroxylation sites is 3. The van der Waals surface area contributed by atoms with E-state index in [1.165, 1.54) is 144 Å². The lowest BCUT2D eigenvalue weighted by atomic mass is 9.61. The van der Waals surface area contributed by atoms with Crippen molar-refractivity contribution in [3.05, 3.63) is 412 Å². The van der Waals surface area contributed by atoms with Gasteiger partial charge in [0.15, 0.2) is 0 Å². The average Bonchev–Trinajstić information content (AvgIpc) is 1.48. The van der Waals surface area contributed by atoms with Gasteiger partial charge in [0.2, 0.25) is 0 Å². The zero-order chi connectivity index (χ0) is 74.7. The van der Waals surface area contributed by atoms with Crippen LogP contribution in [-0.4, -0.2) is 9.13 Å². The molecule has 2 atom stereocenters. The van der Waals surface area contributed by atoms with E-state index in [2.05, 4.69) is 367 Å². The predicted octanol–water partition coefficient (Wildman–Crippen LogP) is 28.2. The minimum Gasteiger partial charge on any atom is -0.456 e. The molecule has 6 heterocycles. The summed E-state index contributed by atoms with van der Waals surface area (Å²) in [6.07, 6.45) is 6.81. The third kappa shape index (κ3) is 8.22. The molecular formula is C108H70N4O2. The molecule has 2 unspecified atom stereocenters. The van der Waals surface area contributed by atoms with Crippen LogP contribution in [0, 0.1) is 19.8 Å². The van der Waals surface area contributed by atoms with Crippen molar-refractivity contribution in [3.63, 3.8) is 0 Å². The van der Waals surface area contributed by atoms with Crippen LogP contribution >= 0.6 is 0 Å². The summed E-state index contributed by atoms with van der Waals surface area (Å²) in [6, 6.07) is 125. The first-order valence-corrected chi connectivity index (χ1v) is 40.1. The van der Waals surface area contributed by atoms with Crippen molar-refractivity contribution >= 4 is 127 Å². The van der Waals surface area contributed by atoms with Gasteiger partial charge in [0.25, 0.3) is 0 Å². The third-order valence-electron chi connectivity index (χ3n) is 26.6. The van der Waals surface area contributed by atoms with Gasteiger partial charge >= 0.3 is 0 Å². The van der Waals surface area contributed by atoms with Gasteiger partial charge in [-0.3, -0.25) is 0 Å². The first-order valence-electron chi connectivity index (χ1n) is 40.1. The summed E-state index contributed by atoms with van der Waals surface area (Å²) in [6.45, 7) is 7.03. The highest BCUT2D eigenvalue weighted by Crippen LogP contribution is 2.66. The van der Waals surface area contributed by atoms with E-state index >= 15 is 0 Å². The first kappa shape index (κ1) is 62.5. The van der Waals surface area contributed by atoms with Crippen molar-refractivity contribution in [2.75, 3.05) is 9.80 Å². The zero-order valence-electron chi connectivity index (χ0n) is 62.9. The van der Waals surface area contributed by atoms with Gasteiger partial charge in [0.1, 0.15) is 22.7 Å². The molecule has 16 aromatic carbocycles. The Hall–Kier alpha value is -14.2. The minimum absolute atomic E-state index is 0.238. The quantitative estimate of drug-likeness (QED) is 0.152. The van der Waals surface area contributed by atoms with Crippen LogP contribution in [0.15, 0.2) is 354 Å². The highest BCUT2D eigenvalue weighted by Gasteiger charge is 2.55. The van der Waals surface area contributed by atoms with Gasteiger partial charge in [-0.25, -0.2) is 0 Å². The molecule has 0 saturated carbocycles. The SMILES string of the molecule is Cc1ccc2c(c1)-n1c3cc4c5cc(N(c6ccccc6)c6ccc7cc(-c8cc9cc%10cc(c9o8)C%10)ccc7c6)cc6c5n(c4cc3c3cc(N(c4ccccc4)c4ccc5cc(-c7cc8ccccc8o7)ccc5c4)cc(c31)C21C2=C(C=CCC2C)c2ccccc21)-c1cc(C)ccc1C61c2ccccc2-c2ccccc21. The molecular weight excluding hydrogens is 1390 g/mol. The second kappa shape index (κ2) is 22.5. The van der Waals surface area contributed by atoms with Crippen LogP contribution in [0.5, 0.6) is 0 Å². The maximum Gasteiger partial charge on any atom is 0.138 e. The number of hydrogen-bond donors (Lipinski definition) is 0. The number of anilines is 6. The number of benzene rings is 16. The fourth-order valence-electron chi connectivity index (χ4n) is 21.9. The van der Waals surface area contributed by atoms with Crippen LogP contribution in [0.25, 0.3) is 138 Å². The van der Waals surface area contributed by atoms with Crippen molar-refractivity contribution in [1.82, 2.24) is 9.13 Å². The number of fused-ring (bicyclic) bond motifs is 26. The van der Waals surface area contributed by atoms with Gasteiger partial charge in [-0.15, -0.1) is 0 Å². The highest BCUT2D eigenvalue weighted by atomic mass is 16.3. The van der Waals surface area contributed by atoms with Crippen LogP contribution in [0.3, 0.4) is 0 Å². The Balaban J connectivity index is 0.773. The Morgan fingerprint density at radius 2 is 0.842 bits per heavy atom. The highest BCUT2D eigenvalue weighted by molar-refractivity contribution is 6.23. The van der Waals surface area contributed by atoms with E-state index < -0.39 is 10.8 Å². The fraction of sp³-hybridized carbons (Fsp3) is 0.0741. The molecule has 5 aliphatic carbocycles. The zero-order valence-corrected chi connectivity index (χ0v) is 62.9. The topological polar surface area (TPSA) is 42.6 Å². The maximum absolute atomic E-state index is 6.65. The molecule has 2 bridgehead atoms. The van der Waals surface area contributed by atoms with Gasteiger partial charge in [-0.1, -0.05) is 213 Å². The lowest BCUT2D eigenvalue weighted by Crippen LogP contribution is -2.37. The molecule has 27 rings (SSSR count). The van der Waals surface area contributed by atoms with Crippen molar-refractivity contribution in [2.24, 2.45) is 5.92 Å². The van der Waals surface area contributed by atoms with E-state index in [-0.39, 0.29) is 5.92 Å². The van der Waals surface area contributed by atoms with E-state index in [1.807, 2.05) is 12.1 Å². The second-order valence-electron chi connectivity index (χ2n) is 32.8. The molecule has 6 nitrogen and oxygen atoms in total. The van der Waals surface area contributed by atoms with Gasteiger partial charge in [-0.2, -0.15) is 0 Å². The van der Waals surface area contributed by atoms with Crippen molar-refractivity contribution in [1.29, 1.82) is 0 Å². The van der Waals surface area contributed by atoms with Crippen molar-refractivity contribution in [2.45, 2.75) is 44.4 Å². The fourth-order valence-corrected chi connectivity index (χ4v) is 21.9. The number of allylic oxidation sites excluding steroid dienone is 4. The molecule has 6 heteroatoms. The molecule has 0 saturated heterocycles. The van der Waals surface area contributed by atoms with Gasteiger partial charge in [-0.05, 0) is 265 Å². The summed E-state index contributed by atoms with van der Waals surface area (Å²) in [5.41, 5.74) is 37.1. The summed E-state index contributed by atoms with van der Waals surface area (Å²) < 4.78 is 18.5. The normalized spacial score (nSPS) is 16.1. The maximum atomic E-state index is 6.65. The number of aromatic nitrogens is 2. The Bertz CT molecular complexity index is 7730. The summed E-state index contributed by atoms with van der Waals surface area (Å²) in [5, 5.41) is 11.7. The van der Waals surface area contributed by atoms with Crippen LogP contribution in [0.2, 0.25) is 0 Å². The van der Waals surface area contributed by atoms with E-state index in [4.69, 9.17) is 8.83 Å². The number of nitrogens with zero attached hydrogens (tertiary/aromatic N) is 4. The minimum atomic E-state index is -0.719. The van der Waals surface area contributed by atoms with Crippen molar-refractivity contribution < 1.29 is 8.83 Å². The van der Waals surface area contributed by atoms with Crippen LogP contribution in [0.1, 0.15) is 80.1 Å². The molecule has 0 radical (unpaired) electrons. The summed E-state index contributed by atoms with van der Waals surface area (Å²) in [4.78, 5) is 5.04. The molecule has 0 N–H and O–H groups in total. The Labute approximate surface area is 657 Å². The average molecular weight is 1460 g/mol. The lowest BCUT2D eigenvalue weighted by molar-refractivity contribution is 0.579. The predicted molar refractivity (Wildman–Crippen MR) is 469 cm³/mol. The molecule has 2 spiro atoms. The van der Waals surface area contributed by atoms with Crippen LogP contribution in [0.4, 0.5) is 34.1 Å². The molecule has 2 aliphatic heterocycles. The molecule has 114 heavy (non-hydrogen) atoms. The van der Waals surface area contributed by atoms with E-state index in [9.17, 15) is 0 Å². The van der Waals surface area contributed by atoms with Crippen molar-refractivity contribution in [3.8, 4) is 45.1 Å². The first-order chi connectivity index (χ1) is 56.2. The van der Waals surface area contributed by atoms with E-state index in [1.54, 1.807) is 0 Å². The van der Waals surface area contributed by atoms with E-state index in [0.717, 1.165) is 113 Å². The molecule has 20 aromatic rings. The number of aryl methyl sites for hydroxylation is 2. The van der Waals surface area contributed by atoms with Gasteiger partial charge < -0.3 is 27.8 Å². The molecule has 0 fully saturated rings. The van der Waals surface area contributed by atoms with Gasteiger partial charge in [0, 0.05) is 89.6 Å². The number of rotatable bonds is 8. The molecule has 534 valence electrons. The standard InChI is InChI=1S/C108H70N4O2/c1-62-33-43-92-98(45-62)111-96-61-86-88-57-80(110(76-23-8-5-9-24-76)78-41-39-66-50-71(37-35-68(66)52-78)101-54-70-20-10-17-32-100(70)113-101)59-95-105(88)112(99-46-63(2)34-44-93(99)108(95)91-31-16-13-27-83(91)84-28-18-19-64(3)103(84)108)97(86)60-85(96)87-56-79(58-94(104(87)111)107(92)89-29-14-11-25-81(89)82-26-12-15-30-90(82)107)109(75-21-6-4-7-22-75)77-42-40-67-51-72(38-36-69(67)53-77)102-55-74-49-65-47-73(48-65)106(74)114-102/h4-18,20-47,49-61,64H,19,48H2,1-3H3. The number of furan rings is 2. The van der Waals surface area contributed by atoms with Crippen LogP contribution < -0.4 is 9.80 Å². The van der Waals surface area contributed by atoms with Gasteiger partial charge in [0.05, 0.1) is 44.3 Å². The monoisotopic (exact) mass is 1450 g/mol. The summed E-state index contributed by atoms with van der Waals surface area (Å²) in [5.74, 6) is 2.00. The molecule has 7 aliphatic rings. The Kier molecular flexibility index (Phi) is 12.4. The second-order valence-corrected chi connectivity index (χ2v) is 32.8. The lowest BCUT2D eigenvalue weighted by Gasteiger charge is -2.43. The summed E-state index contributed by atoms with van der Waals surface area (Å²) in [7, 11) is 0. The molecule has 0 amide bonds. The van der Waals surface area contributed by atoms with E-state index in [0.29, 0.717) is 0 Å². The summed E-state index contributed by atoms with van der Waals surface area (Å²) >= 11 is 0. The smallest absolute Gasteiger partial charge is 0.138 e. The largest absolute Gasteiger partial charge is 0.456 e. The Morgan fingerprint density at radius 1 is 0.351 bits per heavy atom. The molecule has 4 aromatic heterocycles. The van der Waals surface area contributed by atoms with Crippen LogP contribution in [-0.2, 0) is 17.3 Å². The third-order valence-corrected chi connectivity index (χ3v) is 26.6. The number of hydrogen-bond acceptors (Lipinski definition) is 4. The Morgan fingerprint density at radius 3 is 1.42 bits per heavy atom.